The third-order valence-electron chi connectivity index (χ3n) is 12.8. The predicted octanol–water partition coefficient (Wildman–Crippen LogP) is 6.17. The van der Waals surface area contributed by atoms with Crippen LogP contribution < -0.4 is 32.6 Å². The highest BCUT2D eigenvalue weighted by molar-refractivity contribution is 8.77. The molecule has 34 heteroatoms. The largest absolute Gasteiger partial charge is 0.490 e. The number of aromatic carboxylic acids is 1. The van der Waals surface area contributed by atoms with Crippen LogP contribution in [0.25, 0.3) is 33.4 Å². The Morgan fingerprint density at radius 1 is 0.828 bits per heavy atom. The molecule has 29 nitrogen and oxygen atoms in total. The molecular formula is C53H73N6O23P3S2. The Hall–Kier alpha value is -5.11. The molecule has 0 bridgehead atoms. The highest BCUT2D eigenvalue weighted by atomic mass is 33.1. The Kier molecular flexibility index (Phi) is 26.6. The molecule has 0 radical (unpaired) electrons. The number of anilines is 1. The van der Waals surface area contributed by atoms with Crippen molar-refractivity contribution in [2.75, 3.05) is 96.9 Å². The van der Waals surface area contributed by atoms with E-state index in [4.69, 9.17) is 47.1 Å². The van der Waals surface area contributed by atoms with E-state index in [-0.39, 0.29) is 107 Å². The average molecular weight is 1320 g/mol. The standard InChI is InChI=1S/C53H73N6O23P3S2/c1-8-54-40-25-42-38(22-32(40)3)48(39-23-33(4)41(55-9-2)26-43(39)79-42)36-11-10-35(24-37(36)51(63)64)50(62)56-13-15-74-17-19-76-21-20-75-18-16-73-14-12-46(60)57-30-53(6,7)87-86-31-77-44-27-47(59-28-34(5)49(61)58-52(59)65)80-45(44)29-78-84(69,70)82-85(71,72)81-83(66,67)68/h10-11,22-26,28,44-45,47,54H,8-9,12-21,27,29-31H2,1-7H3,(H,56,62)(H,57,60)(H,63,64)(H,69,70)(H,71,72)(H,58,61,65)(H2,66,67,68)/b55-41-/t44?,45-,47-/m1/s1. The van der Waals surface area contributed by atoms with Gasteiger partial charge in [-0.25, -0.2) is 23.3 Å². The van der Waals surface area contributed by atoms with Crippen LogP contribution in [-0.2, 0) is 60.1 Å². The van der Waals surface area contributed by atoms with E-state index in [0.29, 0.717) is 35.6 Å². The molecule has 0 spiro atoms. The summed E-state index contributed by atoms with van der Waals surface area (Å²) in [6, 6.07) is 12.4. The second kappa shape index (κ2) is 32.6. The molecule has 1 aliphatic carbocycles. The van der Waals surface area contributed by atoms with E-state index < -0.39 is 76.4 Å². The van der Waals surface area contributed by atoms with Gasteiger partial charge < -0.3 is 73.5 Å². The molecule has 5 atom stereocenters. The fourth-order valence-corrected chi connectivity index (χ4v) is 13.9. The second-order valence-corrected chi connectivity index (χ2v) is 27.5. The Labute approximate surface area is 507 Å². The zero-order chi connectivity index (χ0) is 63.7. The molecule has 3 heterocycles. The van der Waals surface area contributed by atoms with E-state index in [0.717, 1.165) is 37.7 Å². The molecule has 3 unspecified atom stereocenters. The first kappa shape index (κ1) is 71.0. The number of carbonyl (C=O) groups excluding carboxylic acids is 2. The van der Waals surface area contributed by atoms with Crippen molar-refractivity contribution < 1.29 is 98.7 Å². The quantitative estimate of drug-likeness (QED) is 0.00712. The van der Waals surface area contributed by atoms with Gasteiger partial charge in [0.25, 0.3) is 11.5 Å². The number of aromatic amines is 1. The maximum absolute atomic E-state index is 13.3. The normalized spacial score (nSPS) is 17.1. The summed E-state index contributed by atoms with van der Waals surface area (Å²) >= 11 is 0. The summed E-state index contributed by atoms with van der Waals surface area (Å²) in [5.41, 5.74) is 3.99. The van der Waals surface area contributed by atoms with Crippen LogP contribution in [0.15, 0.2) is 67.7 Å². The molecule has 1 aromatic heterocycles. The van der Waals surface area contributed by atoms with E-state index in [2.05, 4.69) is 34.5 Å². The number of phosphoric acid groups is 3. The highest BCUT2D eigenvalue weighted by Crippen LogP contribution is 2.66. The molecule has 87 heavy (non-hydrogen) atoms. The van der Waals surface area contributed by atoms with Gasteiger partial charge in [0.2, 0.25) is 5.91 Å². The van der Waals surface area contributed by atoms with Crippen LogP contribution >= 0.6 is 45.1 Å². The maximum Gasteiger partial charge on any atom is 0.490 e. The number of ether oxygens (including phenoxy) is 6. The number of nitrogens with zero attached hydrogens (tertiary/aromatic N) is 2. The Balaban J connectivity index is 0.832. The number of carboxylic acid groups (broad SMARTS) is 1. The molecule has 1 saturated heterocycles. The van der Waals surface area contributed by atoms with Crippen molar-refractivity contribution in [1.82, 2.24) is 20.2 Å². The lowest BCUT2D eigenvalue weighted by atomic mass is 9.88. The molecule has 2 aromatic carbocycles. The minimum Gasteiger partial charge on any atom is -0.478 e. The van der Waals surface area contributed by atoms with Crippen LogP contribution in [0.2, 0.25) is 0 Å². The molecule has 2 amide bonds. The minimum atomic E-state index is -5.80. The number of benzene rings is 3. The second-order valence-electron chi connectivity index (χ2n) is 20.1. The molecule has 9 N–H and O–H groups in total. The van der Waals surface area contributed by atoms with Crippen LogP contribution in [0, 0.1) is 20.8 Å². The number of amides is 2. The number of carbonyl (C=O) groups is 3. The van der Waals surface area contributed by atoms with Gasteiger partial charge in [-0.15, -0.1) is 0 Å². The van der Waals surface area contributed by atoms with Gasteiger partial charge in [-0.3, -0.25) is 33.5 Å². The van der Waals surface area contributed by atoms with Gasteiger partial charge in [0.05, 0.1) is 76.5 Å². The zero-order valence-corrected chi connectivity index (χ0v) is 53.1. The number of aromatic nitrogens is 2. The van der Waals surface area contributed by atoms with Crippen molar-refractivity contribution >= 4 is 79.5 Å². The van der Waals surface area contributed by atoms with Crippen molar-refractivity contribution in [1.29, 1.82) is 0 Å². The molecule has 1 fully saturated rings. The van der Waals surface area contributed by atoms with Gasteiger partial charge >= 0.3 is 35.1 Å². The number of rotatable bonds is 36. The number of carboxylic acids is 1. The molecular weight excluding hydrogens is 1250 g/mol. The van der Waals surface area contributed by atoms with Gasteiger partial charge in [0.15, 0.2) is 0 Å². The Bertz CT molecular complexity index is 3520. The Morgan fingerprint density at radius 3 is 2.16 bits per heavy atom. The van der Waals surface area contributed by atoms with Crippen LogP contribution in [0.5, 0.6) is 0 Å². The van der Waals surface area contributed by atoms with Crippen LogP contribution in [-0.4, -0.2) is 161 Å². The number of phosphoric ester groups is 1. The number of H-pyrrole nitrogens is 1. The van der Waals surface area contributed by atoms with Crippen molar-refractivity contribution in [3.05, 3.63) is 103 Å². The maximum atomic E-state index is 13.3. The number of aryl methyl sites for hydroxylation is 3. The highest BCUT2D eigenvalue weighted by Gasteiger charge is 2.44. The Morgan fingerprint density at radius 2 is 1.51 bits per heavy atom. The molecule has 0 saturated carbocycles. The molecule has 480 valence electrons. The lowest BCUT2D eigenvalue weighted by Crippen LogP contribution is -2.36. The number of hydrogen-bond donors (Lipinski definition) is 9. The van der Waals surface area contributed by atoms with Gasteiger partial charge in [0.1, 0.15) is 29.6 Å². The smallest absolute Gasteiger partial charge is 0.478 e. The molecule has 6 rings (SSSR count). The van der Waals surface area contributed by atoms with Crippen LogP contribution in [0.3, 0.4) is 0 Å². The van der Waals surface area contributed by atoms with Crippen molar-refractivity contribution in [2.45, 2.75) is 84.5 Å². The third kappa shape index (κ3) is 21.8. The van der Waals surface area contributed by atoms with E-state index in [9.17, 15) is 52.6 Å². The summed E-state index contributed by atoms with van der Waals surface area (Å²) in [5.74, 6) is -1.38. The van der Waals surface area contributed by atoms with E-state index in [1.54, 1.807) is 12.1 Å². The first-order valence-electron chi connectivity index (χ1n) is 27.3. The fourth-order valence-electron chi connectivity index (χ4n) is 8.74. The number of hydrogen-bond acceptors (Lipinski definition) is 22. The van der Waals surface area contributed by atoms with E-state index in [1.165, 1.54) is 40.8 Å². The lowest BCUT2D eigenvalue weighted by molar-refractivity contribution is -0.122. The predicted molar refractivity (Wildman–Crippen MR) is 322 cm³/mol. The first-order valence-corrected chi connectivity index (χ1v) is 34.1. The van der Waals surface area contributed by atoms with Gasteiger partial charge in [-0.2, -0.15) is 8.62 Å². The van der Waals surface area contributed by atoms with Crippen molar-refractivity contribution in [3.63, 3.8) is 0 Å². The molecule has 3 aliphatic rings. The monoisotopic (exact) mass is 1320 g/mol. The summed E-state index contributed by atoms with van der Waals surface area (Å²) in [4.78, 5) is 107. The molecule has 3 aromatic rings. The van der Waals surface area contributed by atoms with Gasteiger partial charge in [0, 0.05) is 95.4 Å². The fraction of sp³-hybridized carbons (Fsp3) is 0.509. The van der Waals surface area contributed by atoms with Crippen molar-refractivity contribution in [3.8, 4) is 22.5 Å². The van der Waals surface area contributed by atoms with Crippen LogP contribution in [0.1, 0.15) is 84.2 Å². The lowest BCUT2D eigenvalue weighted by Gasteiger charge is -2.24. The third-order valence-corrected chi connectivity index (χ3v) is 19.5. The summed E-state index contributed by atoms with van der Waals surface area (Å²) in [7, 11) is -14.4. The topological polar surface area (TPSA) is 403 Å². The van der Waals surface area contributed by atoms with Crippen molar-refractivity contribution in [2.24, 2.45) is 4.99 Å². The SMILES string of the molecule is CC/N=c1/cc2oc3cc(NCC)c(C)cc3c(-c3ccc(C(=O)NCCOCCOCCOCCOCCC(=O)NCC(C)(C)SSCOC4C[C@H](n5cc(C)c(=O)[nH]c5=O)O[C@@H]4COP(=O)(O)OP(=O)(O)OP(=O)(O)O)cc3C(=O)O)c-2cc1C. The van der Waals surface area contributed by atoms with Gasteiger partial charge in [-0.05, 0) is 89.4 Å². The zero-order valence-electron chi connectivity index (χ0n) is 48.8. The van der Waals surface area contributed by atoms with Gasteiger partial charge in [-0.1, -0.05) is 27.7 Å². The number of nitrogens with one attached hydrogen (secondary N) is 4. The summed E-state index contributed by atoms with van der Waals surface area (Å²) in [6.45, 7) is 15.8. The van der Waals surface area contributed by atoms with E-state index in [1.807, 2.05) is 65.8 Å². The number of fused-ring (bicyclic) bond motifs is 2. The van der Waals surface area contributed by atoms with E-state index >= 15 is 0 Å². The first-order chi connectivity index (χ1) is 41.1. The summed E-state index contributed by atoms with van der Waals surface area (Å²) in [5, 5.41) is 21.0. The summed E-state index contributed by atoms with van der Waals surface area (Å²) in [6.07, 6.45) is -1.98. The minimum absolute atomic E-state index is 0.0196. The summed E-state index contributed by atoms with van der Waals surface area (Å²) < 4.78 is 88.6. The average Bonchev–Trinajstić information content (AvgIpc) is 1.27. The molecule has 2 aliphatic heterocycles. The van der Waals surface area contributed by atoms with Crippen LogP contribution in [0.4, 0.5) is 5.69 Å².